The van der Waals surface area contributed by atoms with Crippen LogP contribution in [0.15, 0.2) is 35.5 Å². The molecular formula is C16H18N4O2S2. The van der Waals surface area contributed by atoms with E-state index in [4.69, 9.17) is 5.14 Å². The highest BCUT2D eigenvalue weighted by atomic mass is 32.2. The number of nitrogens with one attached hydrogen (secondary N) is 1. The largest absolute Gasteiger partial charge is 0.363 e. The lowest BCUT2D eigenvalue weighted by atomic mass is 10.1. The first-order valence-corrected chi connectivity index (χ1v) is 9.73. The summed E-state index contributed by atoms with van der Waals surface area (Å²) in [6, 6.07) is 6.47. The first kappa shape index (κ1) is 16.8. The summed E-state index contributed by atoms with van der Waals surface area (Å²) in [5.41, 5.74) is 1.97. The van der Waals surface area contributed by atoms with E-state index in [2.05, 4.69) is 29.1 Å². The number of hydrogen-bond donors (Lipinski definition) is 2. The fourth-order valence-electron chi connectivity index (χ4n) is 2.54. The van der Waals surface area contributed by atoms with Crippen molar-refractivity contribution in [2.45, 2.75) is 31.7 Å². The Kier molecular flexibility index (Phi) is 4.29. The molecule has 0 radical (unpaired) electrons. The standard InChI is InChI=1S/C16H18N4O2S2/c1-9-11(3)23-16-14(9)15(18-8-19-16)20-10(2)12-5-4-6-13(7-12)24(17,21)22/h4-8,10H,1-3H3,(H2,17,21,22)(H,18,19,20)/t10-/m1/s1. The number of fused-ring (bicyclic) bond motifs is 1. The van der Waals surface area contributed by atoms with Gasteiger partial charge in [0.1, 0.15) is 17.0 Å². The van der Waals surface area contributed by atoms with Crippen molar-refractivity contribution in [3.05, 3.63) is 46.6 Å². The van der Waals surface area contributed by atoms with E-state index in [-0.39, 0.29) is 10.9 Å². The molecular weight excluding hydrogens is 344 g/mol. The molecule has 1 atom stereocenters. The number of aryl methyl sites for hydroxylation is 2. The predicted octanol–water partition coefficient (Wildman–Crippen LogP) is 3.13. The van der Waals surface area contributed by atoms with Gasteiger partial charge in [-0.3, -0.25) is 0 Å². The quantitative estimate of drug-likeness (QED) is 0.743. The van der Waals surface area contributed by atoms with Gasteiger partial charge < -0.3 is 5.32 Å². The average molecular weight is 362 g/mol. The second-order valence-corrected chi connectivity index (χ2v) is 8.43. The van der Waals surface area contributed by atoms with Crippen molar-refractivity contribution in [3.8, 4) is 0 Å². The molecule has 0 amide bonds. The number of primary sulfonamides is 1. The number of anilines is 1. The van der Waals surface area contributed by atoms with Crippen molar-refractivity contribution in [2.24, 2.45) is 5.14 Å². The second kappa shape index (κ2) is 6.12. The zero-order valence-corrected chi connectivity index (χ0v) is 15.2. The van der Waals surface area contributed by atoms with Crippen molar-refractivity contribution < 1.29 is 8.42 Å². The molecule has 2 heterocycles. The maximum atomic E-state index is 11.5. The van der Waals surface area contributed by atoms with E-state index >= 15 is 0 Å². The molecule has 24 heavy (non-hydrogen) atoms. The van der Waals surface area contributed by atoms with Crippen LogP contribution in [0.5, 0.6) is 0 Å². The minimum atomic E-state index is -3.72. The lowest BCUT2D eigenvalue weighted by Crippen LogP contribution is -2.14. The molecule has 3 N–H and O–H groups in total. The lowest BCUT2D eigenvalue weighted by Gasteiger charge is -2.16. The molecule has 0 saturated heterocycles. The van der Waals surface area contributed by atoms with E-state index in [1.165, 1.54) is 17.3 Å². The zero-order chi connectivity index (χ0) is 17.5. The van der Waals surface area contributed by atoms with E-state index in [0.717, 1.165) is 27.2 Å². The van der Waals surface area contributed by atoms with Gasteiger partial charge in [0.05, 0.1) is 16.3 Å². The Bertz CT molecular complexity index is 1010. The van der Waals surface area contributed by atoms with Crippen LogP contribution in [0.1, 0.15) is 29.0 Å². The van der Waals surface area contributed by atoms with Crippen LogP contribution >= 0.6 is 11.3 Å². The molecule has 0 aliphatic rings. The first-order chi connectivity index (χ1) is 11.3. The van der Waals surface area contributed by atoms with Crippen LogP contribution in [-0.2, 0) is 10.0 Å². The molecule has 8 heteroatoms. The predicted molar refractivity (Wildman–Crippen MR) is 96.7 cm³/mol. The zero-order valence-electron chi connectivity index (χ0n) is 13.6. The minimum absolute atomic E-state index is 0.101. The van der Waals surface area contributed by atoms with Crippen LogP contribution in [0.2, 0.25) is 0 Å². The van der Waals surface area contributed by atoms with Crippen LogP contribution in [0.25, 0.3) is 10.2 Å². The number of rotatable bonds is 4. The van der Waals surface area contributed by atoms with E-state index in [1.54, 1.807) is 23.5 Å². The van der Waals surface area contributed by atoms with Crippen molar-refractivity contribution in [2.75, 3.05) is 5.32 Å². The summed E-state index contributed by atoms with van der Waals surface area (Å²) in [6.07, 6.45) is 1.54. The Morgan fingerprint density at radius 1 is 1.25 bits per heavy atom. The molecule has 126 valence electrons. The molecule has 0 aliphatic carbocycles. The van der Waals surface area contributed by atoms with E-state index in [1.807, 2.05) is 13.0 Å². The molecule has 0 fully saturated rings. The topological polar surface area (TPSA) is 98.0 Å². The lowest BCUT2D eigenvalue weighted by molar-refractivity contribution is 0.597. The normalized spacial score (nSPS) is 13.2. The maximum absolute atomic E-state index is 11.5. The van der Waals surface area contributed by atoms with Crippen molar-refractivity contribution in [3.63, 3.8) is 0 Å². The van der Waals surface area contributed by atoms with Gasteiger partial charge in [0.25, 0.3) is 0 Å². The molecule has 0 unspecified atom stereocenters. The molecule has 6 nitrogen and oxygen atoms in total. The number of nitrogens with two attached hydrogens (primary N) is 1. The van der Waals surface area contributed by atoms with Crippen LogP contribution in [-0.4, -0.2) is 18.4 Å². The fourth-order valence-corrected chi connectivity index (χ4v) is 4.11. The van der Waals surface area contributed by atoms with Crippen molar-refractivity contribution in [1.29, 1.82) is 0 Å². The molecule has 3 aromatic rings. The Labute approximate surface area is 144 Å². The molecule has 2 aromatic heterocycles. The van der Waals surface area contributed by atoms with Gasteiger partial charge >= 0.3 is 0 Å². The summed E-state index contributed by atoms with van der Waals surface area (Å²) in [5, 5.41) is 9.57. The Balaban J connectivity index is 1.98. The van der Waals surface area contributed by atoms with Gasteiger partial charge in [-0.15, -0.1) is 11.3 Å². The highest BCUT2D eigenvalue weighted by Gasteiger charge is 2.16. The highest BCUT2D eigenvalue weighted by Crippen LogP contribution is 2.34. The fraction of sp³-hybridized carbons (Fsp3) is 0.250. The number of thiophene rings is 1. The number of sulfonamides is 1. The summed E-state index contributed by atoms with van der Waals surface area (Å²) in [4.78, 5) is 10.9. The maximum Gasteiger partial charge on any atom is 0.238 e. The molecule has 0 bridgehead atoms. The summed E-state index contributed by atoms with van der Waals surface area (Å²) in [5.74, 6) is 0.746. The van der Waals surface area contributed by atoms with Gasteiger partial charge in [0.2, 0.25) is 10.0 Å². The van der Waals surface area contributed by atoms with E-state index in [9.17, 15) is 8.42 Å². The van der Waals surface area contributed by atoms with Crippen LogP contribution in [0.3, 0.4) is 0 Å². The Hall–Kier alpha value is -2.03. The third-order valence-corrected chi connectivity index (χ3v) is 6.03. The number of nitrogens with zero attached hydrogens (tertiary/aromatic N) is 2. The van der Waals surface area contributed by atoms with Crippen molar-refractivity contribution >= 4 is 37.4 Å². The summed E-state index contributed by atoms with van der Waals surface area (Å²) in [7, 11) is -3.72. The first-order valence-electron chi connectivity index (χ1n) is 7.37. The van der Waals surface area contributed by atoms with Gasteiger partial charge in [0.15, 0.2) is 0 Å². The van der Waals surface area contributed by atoms with Gasteiger partial charge in [-0.1, -0.05) is 12.1 Å². The summed E-state index contributed by atoms with van der Waals surface area (Å²) >= 11 is 1.63. The molecule has 0 aliphatic heterocycles. The molecule has 3 rings (SSSR count). The SMILES string of the molecule is Cc1sc2ncnc(N[C@H](C)c3cccc(S(N)(=O)=O)c3)c2c1C. The smallest absolute Gasteiger partial charge is 0.238 e. The molecule has 0 saturated carbocycles. The Morgan fingerprint density at radius 2 is 2.00 bits per heavy atom. The number of aromatic nitrogens is 2. The monoisotopic (exact) mass is 362 g/mol. The van der Waals surface area contributed by atoms with Gasteiger partial charge in [-0.2, -0.15) is 0 Å². The third-order valence-electron chi connectivity index (χ3n) is 4.01. The van der Waals surface area contributed by atoms with Gasteiger partial charge in [0, 0.05) is 4.88 Å². The van der Waals surface area contributed by atoms with E-state index < -0.39 is 10.0 Å². The molecule has 0 spiro atoms. The average Bonchev–Trinajstić information content (AvgIpc) is 2.82. The summed E-state index contributed by atoms with van der Waals surface area (Å²) in [6.45, 7) is 6.06. The van der Waals surface area contributed by atoms with Gasteiger partial charge in [-0.25, -0.2) is 23.5 Å². The van der Waals surface area contributed by atoms with Crippen LogP contribution in [0, 0.1) is 13.8 Å². The Morgan fingerprint density at radius 3 is 2.71 bits per heavy atom. The van der Waals surface area contributed by atoms with Crippen molar-refractivity contribution in [1.82, 2.24) is 9.97 Å². The second-order valence-electron chi connectivity index (χ2n) is 5.67. The highest BCUT2D eigenvalue weighted by molar-refractivity contribution is 7.89. The minimum Gasteiger partial charge on any atom is -0.363 e. The summed E-state index contributed by atoms with van der Waals surface area (Å²) < 4.78 is 23.1. The third kappa shape index (κ3) is 3.12. The van der Waals surface area contributed by atoms with E-state index in [0.29, 0.717) is 0 Å². The van der Waals surface area contributed by atoms with Crippen LogP contribution in [0.4, 0.5) is 5.82 Å². The number of hydrogen-bond acceptors (Lipinski definition) is 6. The molecule has 1 aromatic carbocycles. The van der Waals surface area contributed by atoms with Crippen LogP contribution < -0.4 is 10.5 Å². The number of benzene rings is 1. The van der Waals surface area contributed by atoms with Gasteiger partial charge in [-0.05, 0) is 44.0 Å².